The Hall–Kier alpha value is -0.850. The highest BCUT2D eigenvalue weighted by Gasteiger charge is 2.27. The van der Waals surface area contributed by atoms with Crippen LogP contribution in [-0.4, -0.2) is 31.9 Å². The average Bonchev–Trinajstić information content (AvgIpc) is 1.90. The van der Waals surface area contributed by atoms with Crippen LogP contribution in [0.2, 0.25) is 0 Å². The Bertz CT molecular complexity index is 406. The minimum atomic E-state index is -4.66. The van der Waals surface area contributed by atoms with E-state index in [1.807, 2.05) is 20.8 Å². The van der Waals surface area contributed by atoms with Gasteiger partial charge < -0.3 is 10.1 Å². The van der Waals surface area contributed by atoms with E-state index in [4.69, 9.17) is 4.74 Å². The Morgan fingerprint density at radius 3 is 2.00 bits per heavy atom. The van der Waals surface area contributed by atoms with Gasteiger partial charge in [0.2, 0.25) is 0 Å². The molecule has 0 saturated carbocycles. The number of hydrogen-bond donors (Lipinski definition) is 1. The van der Waals surface area contributed by atoms with Crippen molar-refractivity contribution in [1.82, 2.24) is 5.32 Å². The molecule has 1 amide bonds. The van der Waals surface area contributed by atoms with E-state index >= 15 is 0 Å². The van der Waals surface area contributed by atoms with Gasteiger partial charge >= 0.3 is 16.3 Å². The molecule has 1 atom stereocenters. The monoisotopic (exact) mass is 297 g/mol. The van der Waals surface area contributed by atoms with Crippen LogP contribution in [0.4, 0.5) is 8.68 Å². The number of halogens is 1. The van der Waals surface area contributed by atoms with Gasteiger partial charge in [-0.1, -0.05) is 20.8 Å². The van der Waals surface area contributed by atoms with E-state index in [9.17, 15) is 17.1 Å². The van der Waals surface area contributed by atoms with Crippen molar-refractivity contribution in [3.05, 3.63) is 0 Å². The minimum absolute atomic E-state index is 0.246. The number of carbonyl (C=O) groups is 1. The van der Waals surface area contributed by atoms with E-state index < -0.39 is 33.7 Å². The van der Waals surface area contributed by atoms with Crippen LogP contribution in [0, 0.1) is 5.41 Å². The van der Waals surface area contributed by atoms with Crippen molar-refractivity contribution in [3.8, 4) is 0 Å². The molecule has 0 radical (unpaired) electrons. The molecule has 5 nitrogen and oxygen atoms in total. The normalized spacial score (nSPS) is 14.9. The van der Waals surface area contributed by atoms with E-state index in [0.29, 0.717) is 6.42 Å². The maximum atomic E-state index is 12.8. The predicted octanol–water partition coefficient (Wildman–Crippen LogP) is 2.62. The second-order valence-corrected chi connectivity index (χ2v) is 8.22. The molecule has 0 heterocycles. The van der Waals surface area contributed by atoms with Gasteiger partial charge in [-0.25, -0.2) is 4.79 Å². The largest absolute Gasteiger partial charge is 0.444 e. The summed E-state index contributed by atoms with van der Waals surface area (Å²) < 4.78 is 39.3. The molecule has 1 N–H and O–H groups in total. The molecule has 7 heteroatoms. The summed E-state index contributed by atoms with van der Waals surface area (Å²) in [5.74, 6) is -0.747. The number of nitrogens with one attached hydrogen (secondary N) is 1. The molecule has 0 aromatic rings. The van der Waals surface area contributed by atoms with Crippen molar-refractivity contribution >= 4 is 16.3 Å². The Morgan fingerprint density at radius 1 is 1.21 bits per heavy atom. The molecule has 19 heavy (non-hydrogen) atoms. The SMILES string of the molecule is CC(C)(C)CC(CS(=O)(=O)F)NC(=O)OC(C)(C)C. The van der Waals surface area contributed by atoms with Crippen LogP contribution in [0.15, 0.2) is 0 Å². The fraction of sp³-hybridized carbons (Fsp3) is 0.917. The summed E-state index contributed by atoms with van der Waals surface area (Å²) in [4.78, 5) is 11.6. The number of carbonyl (C=O) groups excluding carboxylic acids is 1. The van der Waals surface area contributed by atoms with Crippen molar-refractivity contribution in [3.63, 3.8) is 0 Å². The number of rotatable bonds is 4. The van der Waals surface area contributed by atoms with Gasteiger partial charge in [0.15, 0.2) is 0 Å². The second-order valence-electron chi connectivity index (χ2n) is 6.81. The molecule has 0 aliphatic heterocycles. The first-order chi connectivity index (χ1) is 8.18. The summed E-state index contributed by atoms with van der Waals surface area (Å²) in [5, 5.41) is 2.41. The first kappa shape index (κ1) is 18.1. The minimum Gasteiger partial charge on any atom is -0.444 e. The lowest BCUT2D eigenvalue weighted by Crippen LogP contribution is -2.43. The smallest absolute Gasteiger partial charge is 0.407 e. The Balaban J connectivity index is 4.72. The summed E-state index contributed by atoms with van der Waals surface area (Å²) in [6.45, 7) is 10.7. The topological polar surface area (TPSA) is 72.5 Å². The highest BCUT2D eigenvalue weighted by Crippen LogP contribution is 2.22. The molecule has 0 rings (SSSR count). The van der Waals surface area contributed by atoms with Crippen LogP contribution in [0.5, 0.6) is 0 Å². The van der Waals surface area contributed by atoms with E-state index in [1.54, 1.807) is 20.8 Å². The number of alkyl carbamates (subject to hydrolysis) is 1. The molecule has 114 valence electrons. The van der Waals surface area contributed by atoms with E-state index in [-0.39, 0.29) is 5.41 Å². The number of ether oxygens (including phenoxy) is 1. The summed E-state index contributed by atoms with van der Waals surface area (Å²) in [7, 11) is -4.66. The zero-order valence-corrected chi connectivity index (χ0v) is 13.2. The molecule has 0 bridgehead atoms. The predicted molar refractivity (Wildman–Crippen MR) is 72.1 cm³/mol. The quantitative estimate of drug-likeness (QED) is 0.810. The molecule has 1 unspecified atom stereocenters. The average molecular weight is 297 g/mol. The molecule has 0 aliphatic carbocycles. The van der Waals surface area contributed by atoms with Crippen LogP contribution in [0.3, 0.4) is 0 Å². The molecule has 0 aromatic heterocycles. The third-order valence-corrected chi connectivity index (χ3v) is 2.78. The molecule has 0 aliphatic rings. The lowest BCUT2D eigenvalue weighted by molar-refractivity contribution is 0.0499. The zero-order chi connectivity index (χ0) is 15.5. The highest BCUT2D eigenvalue weighted by atomic mass is 32.3. The van der Waals surface area contributed by atoms with Gasteiger partial charge in [0, 0.05) is 6.04 Å². The third kappa shape index (κ3) is 11.9. The molecular formula is C12H24FNO4S. The number of hydrogen-bond acceptors (Lipinski definition) is 4. The first-order valence-corrected chi connectivity index (χ1v) is 7.65. The molecule has 0 spiro atoms. The summed E-state index contributed by atoms with van der Waals surface area (Å²) in [6.07, 6.45) is -0.416. The van der Waals surface area contributed by atoms with E-state index in [2.05, 4.69) is 5.32 Å². The van der Waals surface area contributed by atoms with Crippen molar-refractivity contribution in [1.29, 1.82) is 0 Å². The fourth-order valence-electron chi connectivity index (χ4n) is 1.61. The Kier molecular flexibility index (Phi) is 5.80. The molecule has 0 aromatic carbocycles. The van der Waals surface area contributed by atoms with Crippen LogP contribution >= 0.6 is 0 Å². The zero-order valence-electron chi connectivity index (χ0n) is 12.4. The fourth-order valence-corrected chi connectivity index (χ4v) is 2.29. The van der Waals surface area contributed by atoms with Gasteiger partial charge in [0.1, 0.15) is 11.4 Å². The van der Waals surface area contributed by atoms with E-state index in [0.717, 1.165) is 0 Å². The van der Waals surface area contributed by atoms with Crippen LogP contribution in [0.25, 0.3) is 0 Å². The summed E-state index contributed by atoms with van der Waals surface area (Å²) >= 11 is 0. The van der Waals surface area contributed by atoms with Gasteiger partial charge in [-0.2, -0.15) is 8.42 Å². The maximum absolute atomic E-state index is 12.8. The lowest BCUT2D eigenvalue weighted by Gasteiger charge is -2.27. The van der Waals surface area contributed by atoms with Crippen LogP contribution < -0.4 is 5.32 Å². The highest BCUT2D eigenvalue weighted by molar-refractivity contribution is 7.86. The van der Waals surface area contributed by atoms with Gasteiger partial charge in [0.25, 0.3) is 0 Å². The third-order valence-electron chi connectivity index (χ3n) is 1.98. The van der Waals surface area contributed by atoms with Crippen molar-refractivity contribution in [2.75, 3.05) is 5.75 Å². The first-order valence-electron chi connectivity index (χ1n) is 6.10. The van der Waals surface area contributed by atoms with Crippen molar-refractivity contribution < 1.29 is 21.8 Å². The second kappa shape index (κ2) is 6.07. The summed E-state index contributed by atoms with van der Waals surface area (Å²) in [6, 6.07) is -0.815. The molecular weight excluding hydrogens is 273 g/mol. The standard InChI is InChI=1S/C12H24FNO4S/c1-11(2,3)7-9(8-19(13,16)17)14-10(15)18-12(4,5)6/h9H,7-8H2,1-6H3,(H,14,15). The summed E-state index contributed by atoms with van der Waals surface area (Å²) in [5.41, 5.74) is -0.935. The van der Waals surface area contributed by atoms with Crippen LogP contribution in [-0.2, 0) is 15.0 Å². The van der Waals surface area contributed by atoms with Gasteiger partial charge in [0.05, 0.1) is 0 Å². The van der Waals surface area contributed by atoms with Crippen LogP contribution in [0.1, 0.15) is 48.0 Å². The van der Waals surface area contributed by atoms with Gasteiger partial charge in [-0.05, 0) is 32.6 Å². The van der Waals surface area contributed by atoms with E-state index in [1.165, 1.54) is 0 Å². The Morgan fingerprint density at radius 2 is 1.68 bits per heavy atom. The maximum Gasteiger partial charge on any atom is 0.407 e. The Labute approximate surface area is 115 Å². The molecule has 0 saturated heterocycles. The lowest BCUT2D eigenvalue weighted by atomic mass is 9.89. The van der Waals surface area contributed by atoms with Crippen molar-refractivity contribution in [2.45, 2.75) is 59.6 Å². The molecule has 0 fully saturated rings. The number of amides is 1. The van der Waals surface area contributed by atoms with Crippen molar-refractivity contribution in [2.24, 2.45) is 5.41 Å². The van der Waals surface area contributed by atoms with Gasteiger partial charge in [-0.3, -0.25) is 0 Å². The van der Waals surface area contributed by atoms with Gasteiger partial charge in [-0.15, -0.1) is 3.89 Å².